The second-order valence-electron chi connectivity index (χ2n) is 4.11. The molecule has 0 aliphatic heterocycles. The van der Waals surface area contributed by atoms with Crippen molar-refractivity contribution in [1.82, 2.24) is 0 Å². The van der Waals surface area contributed by atoms with Crippen molar-refractivity contribution in [3.63, 3.8) is 0 Å². The van der Waals surface area contributed by atoms with Crippen LogP contribution in [-0.2, 0) is 0 Å². The van der Waals surface area contributed by atoms with E-state index in [0.717, 1.165) is 35.9 Å². The third kappa shape index (κ3) is 2.52. The Bertz CT molecular complexity index is 332. The molecule has 1 fully saturated rings. The van der Waals surface area contributed by atoms with Gasteiger partial charge in [0.05, 0.1) is 6.61 Å². The van der Waals surface area contributed by atoms with E-state index in [4.69, 9.17) is 4.74 Å². The van der Waals surface area contributed by atoms with Crippen LogP contribution in [0, 0.1) is 0 Å². The van der Waals surface area contributed by atoms with Crippen molar-refractivity contribution in [2.75, 3.05) is 6.61 Å². The van der Waals surface area contributed by atoms with E-state index < -0.39 is 0 Å². The first kappa shape index (κ1) is 11.0. The molecule has 82 valence electrons. The number of aliphatic hydroxyl groups excluding tert-OH is 1. The van der Waals surface area contributed by atoms with Crippen LogP contribution >= 0.6 is 15.9 Å². The highest BCUT2D eigenvalue weighted by Crippen LogP contribution is 2.34. The van der Waals surface area contributed by atoms with E-state index in [2.05, 4.69) is 15.9 Å². The SMILES string of the molecule is OCC1(Oc2cccc(Br)c2)CCCC1. The van der Waals surface area contributed by atoms with Crippen LogP contribution < -0.4 is 4.74 Å². The predicted molar refractivity (Wildman–Crippen MR) is 63.1 cm³/mol. The molecule has 1 aromatic rings. The summed E-state index contributed by atoms with van der Waals surface area (Å²) in [4.78, 5) is 0. The molecule has 1 N–H and O–H groups in total. The molecular weight excluding hydrogens is 256 g/mol. The van der Waals surface area contributed by atoms with E-state index in [-0.39, 0.29) is 12.2 Å². The van der Waals surface area contributed by atoms with Gasteiger partial charge in [-0.2, -0.15) is 0 Å². The van der Waals surface area contributed by atoms with E-state index in [9.17, 15) is 5.11 Å². The van der Waals surface area contributed by atoms with Gasteiger partial charge in [0.1, 0.15) is 11.4 Å². The van der Waals surface area contributed by atoms with Gasteiger partial charge >= 0.3 is 0 Å². The van der Waals surface area contributed by atoms with Crippen molar-refractivity contribution in [1.29, 1.82) is 0 Å². The van der Waals surface area contributed by atoms with Crippen molar-refractivity contribution in [3.8, 4) is 5.75 Å². The van der Waals surface area contributed by atoms with Crippen LogP contribution in [0.4, 0.5) is 0 Å². The highest BCUT2D eigenvalue weighted by molar-refractivity contribution is 9.10. The van der Waals surface area contributed by atoms with Crippen LogP contribution in [0.25, 0.3) is 0 Å². The van der Waals surface area contributed by atoms with Crippen LogP contribution in [0.1, 0.15) is 25.7 Å². The molecule has 0 atom stereocenters. The second kappa shape index (κ2) is 4.54. The van der Waals surface area contributed by atoms with Gasteiger partial charge in [-0.1, -0.05) is 22.0 Å². The van der Waals surface area contributed by atoms with Crippen molar-refractivity contribution in [2.45, 2.75) is 31.3 Å². The molecule has 0 spiro atoms. The third-order valence-corrected chi connectivity index (χ3v) is 3.43. The Morgan fingerprint density at radius 2 is 2.07 bits per heavy atom. The minimum atomic E-state index is -0.333. The van der Waals surface area contributed by atoms with E-state index in [1.165, 1.54) is 0 Å². The maximum Gasteiger partial charge on any atom is 0.132 e. The molecule has 1 aliphatic carbocycles. The average molecular weight is 271 g/mol. The molecule has 2 nitrogen and oxygen atoms in total. The lowest BCUT2D eigenvalue weighted by Crippen LogP contribution is -2.36. The minimum Gasteiger partial charge on any atom is -0.485 e. The molecule has 0 saturated heterocycles. The summed E-state index contributed by atoms with van der Waals surface area (Å²) in [6.45, 7) is 0.111. The fraction of sp³-hybridized carbons (Fsp3) is 0.500. The first-order chi connectivity index (χ1) is 7.24. The Morgan fingerprint density at radius 1 is 1.33 bits per heavy atom. The van der Waals surface area contributed by atoms with E-state index in [1.807, 2.05) is 24.3 Å². The number of benzene rings is 1. The van der Waals surface area contributed by atoms with E-state index in [1.54, 1.807) is 0 Å². The minimum absolute atomic E-state index is 0.111. The summed E-state index contributed by atoms with van der Waals surface area (Å²) in [7, 11) is 0. The molecule has 3 heteroatoms. The summed E-state index contributed by atoms with van der Waals surface area (Å²) in [6.07, 6.45) is 4.20. The molecule has 0 bridgehead atoms. The quantitative estimate of drug-likeness (QED) is 0.915. The molecule has 2 rings (SSSR count). The van der Waals surface area contributed by atoms with Gasteiger partial charge in [0.25, 0.3) is 0 Å². The van der Waals surface area contributed by atoms with Crippen molar-refractivity contribution in [3.05, 3.63) is 28.7 Å². The molecule has 0 aromatic heterocycles. The maximum atomic E-state index is 9.41. The zero-order valence-electron chi connectivity index (χ0n) is 8.58. The van der Waals surface area contributed by atoms with Gasteiger partial charge in [-0.05, 0) is 43.9 Å². The zero-order chi connectivity index (χ0) is 10.7. The highest BCUT2D eigenvalue weighted by atomic mass is 79.9. The number of ether oxygens (including phenoxy) is 1. The number of hydrogen-bond donors (Lipinski definition) is 1. The molecule has 1 aromatic carbocycles. The summed E-state index contributed by atoms with van der Waals surface area (Å²) in [5.41, 5.74) is -0.333. The van der Waals surface area contributed by atoms with Gasteiger partial charge in [-0.15, -0.1) is 0 Å². The van der Waals surface area contributed by atoms with Gasteiger partial charge in [0.2, 0.25) is 0 Å². The fourth-order valence-electron chi connectivity index (χ4n) is 2.09. The largest absolute Gasteiger partial charge is 0.485 e. The Balaban J connectivity index is 2.12. The van der Waals surface area contributed by atoms with Gasteiger partial charge in [-0.3, -0.25) is 0 Å². The molecular formula is C12H15BrO2. The van der Waals surface area contributed by atoms with Gasteiger partial charge in [0.15, 0.2) is 0 Å². The summed E-state index contributed by atoms with van der Waals surface area (Å²) in [6, 6.07) is 7.78. The second-order valence-corrected chi connectivity index (χ2v) is 5.02. The van der Waals surface area contributed by atoms with Crippen LogP contribution in [0.15, 0.2) is 28.7 Å². The number of halogens is 1. The Hall–Kier alpha value is -0.540. The number of hydrogen-bond acceptors (Lipinski definition) is 2. The topological polar surface area (TPSA) is 29.5 Å². The molecule has 0 radical (unpaired) electrons. The monoisotopic (exact) mass is 270 g/mol. The lowest BCUT2D eigenvalue weighted by atomic mass is 10.0. The van der Waals surface area contributed by atoms with E-state index >= 15 is 0 Å². The normalized spacial score (nSPS) is 19.1. The molecule has 1 saturated carbocycles. The van der Waals surface area contributed by atoms with Gasteiger partial charge in [-0.25, -0.2) is 0 Å². The van der Waals surface area contributed by atoms with Gasteiger partial charge < -0.3 is 9.84 Å². The summed E-state index contributed by atoms with van der Waals surface area (Å²) in [5, 5.41) is 9.41. The van der Waals surface area contributed by atoms with Crippen LogP contribution in [0.5, 0.6) is 5.75 Å². The number of rotatable bonds is 3. The molecule has 0 unspecified atom stereocenters. The Morgan fingerprint density at radius 3 is 2.67 bits per heavy atom. The van der Waals surface area contributed by atoms with Crippen LogP contribution in [0.2, 0.25) is 0 Å². The van der Waals surface area contributed by atoms with Gasteiger partial charge in [0, 0.05) is 4.47 Å². The molecule has 0 amide bonds. The van der Waals surface area contributed by atoms with Crippen molar-refractivity contribution < 1.29 is 9.84 Å². The van der Waals surface area contributed by atoms with Crippen LogP contribution in [0.3, 0.4) is 0 Å². The molecule has 0 heterocycles. The standard InChI is InChI=1S/C12H15BrO2/c13-10-4-3-5-11(8-10)15-12(9-14)6-1-2-7-12/h3-5,8,14H,1-2,6-7,9H2. The predicted octanol–water partition coefficient (Wildman–Crippen LogP) is 3.13. The highest BCUT2D eigenvalue weighted by Gasteiger charge is 2.35. The summed E-state index contributed by atoms with van der Waals surface area (Å²) in [5.74, 6) is 0.834. The zero-order valence-corrected chi connectivity index (χ0v) is 10.2. The molecule has 1 aliphatic rings. The Kier molecular flexibility index (Phi) is 3.32. The summed E-state index contributed by atoms with van der Waals surface area (Å²) < 4.78 is 6.92. The third-order valence-electron chi connectivity index (χ3n) is 2.93. The first-order valence-electron chi connectivity index (χ1n) is 5.30. The lowest BCUT2D eigenvalue weighted by molar-refractivity contribution is 0.0151. The number of aliphatic hydroxyl groups is 1. The van der Waals surface area contributed by atoms with Crippen molar-refractivity contribution in [2.24, 2.45) is 0 Å². The Labute approximate surface area is 98.4 Å². The average Bonchev–Trinajstić information content (AvgIpc) is 2.67. The lowest BCUT2D eigenvalue weighted by Gasteiger charge is -2.28. The molecule has 15 heavy (non-hydrogen) atoms. The van der Waals surface area contributed by atoms with Crippen molar-refractivity contribution >= 4 is 15.9 Å². The van der Waals surface area contributed by atoms with Crippen LogP contribution in [-0.4, -0.2) is 17.3 Å². The smallest absolute Gasteiger partial charge is 0.132 e. The summed E-state index contributed by atoms with van der Waals surface area (Å²) >= 11 is 3.41. The maximum absolute atomic E-state index is 9.41. The first-order valence-corrected chi connectivity index (χ1v) is 6.09. The van der Waals surface area contributed by atoms with E-state index in [0.29, 0.717) is 0 Å². The fourth-order valence-corrected chi connectivity index (χ4v) is 2.47.